The molecule has 2 bridgehead atoms. The summed E-state index contributed by atoms with van der Waals surface area (Å²) in [6.45, 7) is 1.96. The maximum atomic E-state index is 12.5. The van der Waals surface area contributed by atoms with Gasteiger partial charge in [0.15, 0.2) is 0 Å². The molecule has 0 unspecified atom stereocenters. The van der Waals surface area contributed by atoms with E-state index in [2.05, 4.69) is 22.0 Å². The zero-order valence-corrected chi connectivity index (χ0v) is 18.3. The minimum absolute atomic E-state index is 0.00477. The first-order chi connectivity index (χ1) is 15.3. The van der Waals surface area contributed by atoms with Crippen molar-refractivity contribution < 1.29 is 14.6 Å². The number of carbonyl (C=O) groups excluding carboxylic acids is 1. The lowest BCUT2D eigenvalue weighted by molar-refractivity contribution is -0.152. The minimum Gasteiger partial charge on any atom is -0.497 e. The molecule has 1 amide bonds. The highest BCUT2D eigenvalue weighted by molar-refractivity contribution is 5.92. The molecule has 1 aromatic carbocycles. The van der Waals surface area contributed by atoms with E-state index in [-0.39, 0.29) is 11.6 Å². The van der Waals surface area contributed by atoms with Gasteiger partial charge in [-0.2, -0.15) is 0 Å². The van der Waals surface area contributed by atoms with Crippen molar-refractivity contribution in [3.05, 3.63) is 62.6 Å². The van der Waals surface area contributed by atoms with Gasteiger partial charge in [-0.05, 0) is 73.0 Å². The summed E-state index contributed by atoms with van der Waals surface area (Å²) in [6, 6.07) is 7.81. The number of amides is 1. The number of piperidine rings is 1. The molecule has 168 valence electrons. The smallest absolute Gasteiger partial charge is 0.261 e. The second kappa shape index (κ2) is 6.68. The van der Waals surface area contributed by atoms with Crippen molar-refractivity contribution >= 4 is 5.91 Å². The second-order valence-electron chi connectivity index (χ2n) is 10.2. The van der Waals surface area contributed by atoms with Crippen LogP contribution in [0.4, 0.5) is 0 Å². The Morgan fingerprint density at radius 1 is 1.28 bits per heavy atom. The molecule has 3 atom stereocenters. The monoisotopic (exact) mass is 435 g/mol. The van der Waals surface area contributed by atoms with Gasteiger partial charge >= 0.3 is 0 Å². The van der Waals surface area contributed by atoms with E-state index in [0.717, 1.165) is 54.4 Å². The normalized spacial score (nSPS) is 30.8. The van der Waals surface area contributed by atoms with Crippen molar-refractivity contribution in [3.8, 4) is 5.75 Å². The van der Waals surface area contributed by atoms with E-state index in [4.69, 9.17) is 10.5 Å². The topological polar surface area (TPSA) is 109 Å². The van der Waals surface area contributed by atoms with Crippen molar-refractivity contribution in [1.29, 1.82) is 0 Å². The van der Waals surface area contributed by atoms with Crippen LogP contribution in [0.1, 0.15) is 52.0 Å². The van der Waals surface area contributed by atoms with E-state index in [0.29, 0.717) is 12.8 Å². The largest absolute Gasteiger partial charge is 0.497 e. The number of aliphatic hydroxyl groups is 1. The summed E-state index contributed by atoms with van der Waals surface area (Å²) in [5.74, 6) is 0.773. The number of methoxy groups -OCH3 is 1. The van der Waals surface area contributed by atoms with Crippen molar-refractivity contribution in [2.75, 3.05) is 20.2 Å². The number of nitrogens with two attached hydrogens (primary N) is 1. The van der Waals surface area contributed by atoms with Gasteiger partial charge in [-0.15, -0.1) is 0 Å². The third kappa shape index (κ3) is 2.67. The Labute approximate surface area is 186 Å². The van der Waals surface area contributed by atoms with E-state index in [1.54, 1.807) is 13.2 Å². The predicted molar refractivity (Wildman–Crippen MR) is 119 cm³/mol. The highest BCUT2D eigenvalue weighted by Crippen LogP contribution is 2.57. The number of nitrogens with zero attached hydrogens (tertiary/aromatic N) is 1. The lowest BCUT2D eigenvalue weighted by Crippen LogP contribution is -2.74. The van der Waals surface area contributed by atoms with Crippen LogP contribution in [-0.2, 0) is 24.7 Å². The average molecular weight is 436 g/mol. The zero-order valence-electron chi connectivity index (χ0n) is 18.3. The first-order valence-corrected chi connectivity index (χ1v) is 11.5. The number of nitrogens with one attached hydrogen (secondary N) is 1. The molecule has 1 saturated heterocycles. The molecule has 1 aromatic heterocycles. The van der Waals surface area contributed by atoms with Gasteiger partial charge in [0.05, 0.1) is 12.7 Å². The van der Waals surface area contributed by atoms with Gasteiger partial charge in [-0.1, -0.05) is 6.07 Å². The fourth-order valence-electron chi connectivity index (χ4n) is 6.68. The molecule has 1 aliphatic heterocycles. The van der Waals surface area contributed by atoms with Crippen LogP contribution < -0.4 is 16.0 Å². The van der Waals surface area contributed by atoms with E-state index in [9.17, 15) is 14.7 Å². The number of aromatic nitrogens is 1. The highest BCUT2D eigenvalue weighted by atomic mass is 16.5. The summed E-state index contributed by atoms with van der Waals surface area (Å²) >= 11 is 0. The van der Waals surface area contributed by atoms with Gasteiger partial charge in [-0.3, -0.25) is 14.5 Å². The van der Waals surface area contributed by atoms with Gasteiger partial charge in [0.2, 0.25) is 0 Å². The number of benzene rings is 1. The fraction of sp³-hybridized carbons (Fsp3) is 0.520. The molecule has 7 heteroatoms. The number of hydrogen-bond acceptors (Lipinski definition) is 5. The SMILES string of the molecule is COc1ccc2c(c1)[C@]13CCN(CC4CC4)[C@H](C2)[C@]1(O)Cc1cc(C(N)=O)c(=O)[nH]c1C3. The van der Waals surface area contributed by atoms with Crippen LogP contribution in [0.3, 0.4) is 0 Å². The van der Waals surface area contributed by atoms with Crippen LogP contribution >= 0.6 is 0 Å². The summed E-state index contributed by atoms with van der Waals surface area (Å²) in [5, 5.41) is 12.5. The molecule has 0 spiro atoms. The number of likely N-dealkylation sites (tertiary alicyclic amines) is 1. The standard InChI is InChI=1S/C25H29N3O4/c1-32-17-5-4-15-9-21-25(31)11-16-8-18(22(26)29)23(30)27-20(16)12-24(25,19(15)10-17)6-7-28(21)13-14-2-3-14/h4-5,8,10,14,21,31H,2-3,6-7,9,11-13H2,1H3,(H2,26,29)(H,27,30)/t21-,24-,25-/m1/s1. The second-order valence-corrected chi connectivity index (χ2v) is 10.2. The molecule has 32 heavy (non-hydrogen) atoms. The third-order valence-electron chi connectivity index (χ3n) is 8.50. The highest BCUT2D eigenvalue weighted by Gasteiger charge is 2.64. The van der Waals surface area contributed by atoms with Crippen LogP contribution in [0.25, 0.3) is 0 Å². The summed E-state index contributed by atoms with van der Waals surface area (Å²) in [7, 11) is 1.66. The van der Waals surface area contributed by atoms with Gasteiger partial charge in [0.1, 0.15) is 11.3 Å². The number of carbonyl (C=O) groups is 1. The molecule has 2 aromatic rings. The molecule has 4 N–H and O–H groups in total. The first kappa shape index (κ1) is 20.0. The Hall–Kier alpha value is -2.64. The van der Waals surface area contributed by atoms with Crippen LogP contribution in [0.5, 0.6) is 5.75 Å². The van der Waals surface area contributed by atoms with Crippen molar-refractivity contribution in [3.63, 3.8) is 0 Å². The number of ether oxygens (including phenoxy) is 1. The van der Waals surface area contributed by atoms with Crippen molar-refractivity contribution in [1.82, 2.24) is 9.88 Å². The van der Waals surface area contributed by atoms with E-state index in [1.165, 1.54) is 18.4 Å². The quantitative estimate of drug-likeness (QED) is 0.671. The van der Waals surface area contributed by atoms with E-state index >= 15 is 0 Å². The summed E-state index contributed by atoms with van der Waals surface area (Å²) in [5.41, 5.74) is 7.43. The fourth-order valence-corrected chi connectivity index (χ4v) is 6.68. The van der Waals surface area contributed by atoms with Crippen LogP contribution in [0.2, 0.25) is 0 Å². The Kier molecular flexibility index (Phi) is 4.18. The Bertz CT molecular complexity index is 1190. The van der Waals surface area contributed by atoms with E-state index in [1.807, 2.05) is 6.07 Å². The van der Waals surface area contributed by atoms with Gasteiger partial charge in [0.25, 0.3) is 11.5 Å². The average Bonchev–Trinajstić information content (AvgIpc) is 3.57. The molecule has 2 heterocycles. The summed E-state index contributed by atoms with van der Waals surface area (Å²) in [4.78, 5) is 29.7. The number of pyridine rings is 1. The van der Waals surface area contributed by atoms with Gasteiger partial charge < -0.3 is 20.6 Å². The lowest BCUT2D eigenvalue weighted by atomic mass is 9.49. The Morgan fingerprint density at radius 3 is 2.81 bits per heavy atom. The lowest BCUT2D eigenvalue weighted by Gasteiger charge is -2.63. The van der Waals surface area contributed by atoms with Crippen molar-refractivity contribution in [2.45, 2.75) is 55.6 Å². The Morgan fingerprint density at radius 2 is 2.09 bits per heavy atom. The molecule has 4 aliphatic rings. The van der Waals surface area contributed by atoms with E-state index < -0.39 is 22.5 Å². The molecule has 3 aliphatic carbocycles. The Balaban J connectivity index is 1.54. The molecule has 7 nitrogen and oxygen atoms in total. The summed E-state index contributed by atoms with van der Waals surface area (Å²) < 4.78 is 5.54. The predicted octanol–water partition coefficient (Wildman–Crippen LogP) is 1.29. The van der Waals surface area contributed by atoms with Crippen molar-refractivity contribution in [2.24, 2.45) is 11.7 Å². The molecule has 2 fully saturated rings. The number of rotatable bonds is 4. The minimum atomic E-state index is -1.00. The van der Waals surface area contributed by atoms with Crippen LogP contribution in [-0.4, -0.2) is 52.7 Å². The molecule has 6 rings (SSSR count). The molecule has 0 radical (unpaired) electrons. The molecular formula is C25H29N3O4. The number of hydrogen-bond donors (Lipinski definition) is 3. The maximum Gasteiger partial charge on any atom is 0.261 e. The summed E-state index contributed by atoms with van der Waals surface area (Å²) in [6.07, 6.45) is 5.06. The van der Waals surface area contributed by atoms with Crippen LogP contribution in [0, 0.1) is 5.92 Å². The molecule has 1 saturated carbocycles. The number of aromatic amines is 1. The van der Waals surface area contributed by atoms with Crippen LogP contribution in [0.15, 0.2) is 29.1 Å². The molecular weight excluding hydrogens is 406 g/mol. The first-order valence-electron chi connectivity index (χ1n) is 11.5. The van der Waals surface area contributed by atoms with Gasteiger partial charge in [0, 0.05) is 36.5 Å². The number of fused-ring (bicyclic) bond motifs is 2. The zero-order chi connectivity index (χ0) is 22.3. The maximum absolute atomic E-state index is 12.5. The van der Waals surface area contributed by atoms with Gasteiger partial charge in [-0.25, -0.2) is 0 Å². The number of primary amides is 1. The third-order valence-corrected chi connectivity index (χ3v) is 8.50. The number of H-pyrrole nitrogens is 1.